The van der Waals surface area contributed by atoms with Gasteiger partial charge >= 0.3 is 6.85 Å². The van der Waals surface area contributed by atoms with Crippen molar-refractivity contribution in [2.24, 2.45) is 0 Å². The number of furan rings is 1. The summed E-state index contributed by atoms with van der Waals surface area (Å²) in [5.41, 5.74) is 23.4. The number of nitrogens with zero attached hydrogens (tertiary/aromatic N) is 2. The Balaban J connectivity index is 1.24. The first-order valence-electron chi connectivity index (χ1n) is 22.6. The third kappa shape index (κ3) is 4.87. The highest BCUT2D eigenvalue weighted by Gasteiger charge is 2.50. The van der Waals surface area contributed by atoms with Crippen LogP contribution in [0.5, 0.6) is 0 Å². The van der Waals surface area contributed by atoms with E-state index in [0.29, 0.717) is 0 Å². The van der Waals surface area contributed by atoms with Crippen LogP contribution >= 0.6 is 0 Å². The fourth-order valence-electron chi connectivity index (χ4n) is 11.7. The van der Waals surface area contributed by atoms with Crippen molar-refractivity contribution in [3.05, 3.63) is 174 Å². The molecule has 0 amide bonds. The van der Waals surface area contributed by atoms with Crippen LogP contribution in [-0.4, -0.2) is 11.4 Å². The molecule has 304 valence electrons. The van der Waals surface area contributed by atoms with Crippen LogP contribution in [0.2, 0.25) is 0 Å². The van der Waals surface area contributed by atoms with Gasteiger partial charge in [-0.1, -0.05) is 159 Å². The second-order valence-corrected chi connectivity index (χ2v) is 20.9. The number of anilines is 2. The van der Waals surface area contributed by atoms with Gasteiger partial charge in [-0.15, -0.1) is 0 Å². The fourth-order valence-corrected chi connectivity index (χ4v) is 11.7. The first-order chi connectivity index (χ1) is 30.3. The minimum absolute atomic E-state index is 0.00299. The molecule has 2 aliphatic heterocycles. The Bertz CT molecular complexity index is 3610. The van der Waals surface area contributed by atoms with Crippen LogP contribution < -0.4 is 15.7 Å². The van der Waals surface area contributed by atoms with Crippen LogP contribution in [0.25, 0.3) is 82.8 Å². The molecule has 0 radical (unpaired) electrons. The van der Waals surface area contributed by atoms with Crippen molar-refractivity contribution in [1.29, 1.82) is 0 Å². The molecular formula is C59H49BN2O. The van der Waals surface area contributed by atoms with Gasteiger partial charge in [-0.25, -0.2) is 0 Å². The summed E-state index contributed by atoms with van der Waals surface area (Å²) in [7, 11) is 0. The maximum absolute atomic E-state index is 7.10. The first-order valence-corrected chi connectivity index (χ1v) is 22.6. The zero-order valence-corrected chi connectivity index (χ0v) is 37.3. The number of fused-ring (bicyclic) bond motifs is 15. The second kappa shape index (κ2) is 12.2. The van der Waals surface area contributed by atoms with Gasteiger partial charge < -0.3 is 13.8 Å². The van der Waals surface area contributed by atoms with E-state index in [9.17, 15) is 0 Å². The lowest BCUT2D eigenvalue weighted by Gasteiger charge is -2.44. The summed E-state index contributed by atoms with van der Waals surface area (Å²) >= 11 is 0. The van der Waals surface area contributed by atoms with Gasteiger partial charge in [0.2, 0.25) is 0 Å². The molecule has 8 aromatic carbocycles. The maximum Gasteiger partial charge on any atom is 0.333 e. The van der Waals surface area contributed by atoms with Crippen molar-refractivity contribution < 1.29 is 4.42 Å². The second-order valence-electron chi connectivity index (χ2n) is 20.9. The summed E-state index contributed by atoms with van der Waals surface area (Å²) in [6.45, 7) is 18.8. The van der Waals surface area contributed by atoms with E-state index in [4.69, 9.17) is 4.42 Å². The van der Waals surface area contributed by atoms with Crippen molar-refractivity contribution in [3.63, 3.8) is 0 Å². The quantitative estimate of drug-likeness (QED) is 0.162. The van der Waals surface area contributed by atoms with Crippen LogP contribution in [0, 0.1) is 0 Å². The average molecular weight is 813 g/mol. The topological polar surface area (TPSA) is 21.3 Å². The molecule has 13 rings (SSSR count). The summed E-state index contributed by atoms with van der Waals surface area (Å²) < 4.78 is 9.80. The Kier molecular flexibility index (Phi) is 7.15. The van der Waals surface area contributed by atoms with E-state index in [-0.39, 0.29) is 23.1 Å². The molecule has 1 aliphatic carbocycles. The summed E-state index contributed by atoms with van der Waals surface area (Å²) in [5, 5.41) is 4.92. The molecule has 10 aromatic rings. The molecule has 3 aliphatic rings. The maximum atomic E-state index is 7.10. The molecule has 63 heavy (non-hydrogen) atoms. The van der Waals surface area contributed by atoms with E-state index in [1.807, 2.05) is 0 Å². The van der Waals surface area contributed by atoms with Crippen molar-refractivity contribution in [2.75, 3.05) is 4.81 Å². The standard InChI is InChI=1S/C59H49BN2O/c1-57(2,3)36-24-29-49-43(30-36)46-31-37(58(4,5)6)32-48-53(46)61(49)55-51-44(39-18-12-14-20-47(39)59(51,7)8)33-45-41-27-28-42-40-19-13-15-21-50(40)63-56(42)54(41)62(60(48)52(45)55)38-25-22-35(23-26-38)34-16-10-9-11-17-34/h9-33H,1-8H3. The van der Waals surface area contributed by atoms with E-state index in [1.54, 1.807) is 0 Å². The summed E-state index contributed by atoms with van der Waals surface area (Å²) in [6.07, 6.45) is 0. The summed E-state index contributed by atoms with van der Waals surface area (Å²) in [5.74, 6) is 0. The lowest BCUT2D eigenvalue weighted by Crippen LogP contribution is -2.61. The Morgan fingerprint density at radius 1 is 0.524 bits per heavy atom. The van der Waals surface area contributed by atoms with Crippen molar-refractivity contribution in [3.8, 4) is 39.1 Å². The SMILES string of the molecule is CC(C)(C)c1ccc2c(c1)c1cc(C(C)(C)C)cc3c1n2-c1c2c(cc4c1C(C)(C)c1ccccc1-4)-c1ccc4c(oc5ccccc54)c1N(c1ccc(-c4ccccc4)cc1)B23. The van der Waals surface area contributed by atoms with E-state index >= 15 is 0 Å². The molecular weight excluding hydrogens is 763 g/mol. The first kappa shape index (κ1) is 36.8. The minimum atomic E-state index is -0.247. The highest BCUT2D eigenvalue weighted by atomic mass is 16.3. The number of para-hydroxylation sites is 1. The normalized spacial score (nSPS) is 14.7. The molecule has 0 N–H and O–H groups in total. The molecule has 0 unspecified atom stereocenters. The molecule has 0 saturated carbocycles. The fraction of sp³-hybridized carbons (Fsp3) is 0.186. The van der Waals surface area contributed by atoms with E-state index in [1.165, 1.54) is 94.1 Å². The van der Waals surface area contributed by atoms with Crippen LogP contribution in [0.4, 0.5) is 11.4 Å². The average Bonchev–Trinajstić information content (AvgIpc) is 3.90. The molecule has 0 fully saturated rings. The number of benzene rings is 8. The molecule has 0 saturated heterocycles. The van der Waals surface area contributed by atoms with Crippen LogP contribution in [0.1, 0.15) is 77.6 Å². The predicted octanol–water partition coefficient (Wildman–Crippen LogP) is 14.5. The van der Waals surface area contributed by atoms with E-state index in [2.05, 4.69) is 216 Å². The van der Waals surface area contributed by atoms with Gasteiger partial charge in [0.1, 0.15) is 5.58 Å². The molecule has 0 spiro atoms. The molecule has 0 atom stereocenters. The van der Waals surface area contributed by atoms with Crippen molar-refractivity contribution in [1.82, 2.24) is 4.57 Å². The molecule has 0 bridgehead atoms. The Morgan fingerprint density at radius 2 is 1.22 bits per heavy atom. The number of rotatable bonds is 2. The smallest absolute Gasteiger partial charge is 0.333 e. The van der Waals surface area contributed by atoms with Gasteiger partial charge in [0.25, 0.3) is 0 Å². The van der Waals surface area contributed by atoms with Crippen LogP contribution in [0.3, 0.4) is 0 Å². The van der Waals surface area contributed by atoms with Crippen molar-refractivity contribution >= 4 is 72.9 Å². The van der Waals surface area contributed by atoms with Gasteiger partial charge in [0, 0.05) is 43.9 Å². The van der Waals surface area contributed by atoms with Gasteiger partial charge in [-0.3, -0.25) is 0 Å². The Labute approximate surface area is 369 Å². The molecule has 3 nitrogen and oxygen atoms in total. The third-order valence-corrected chi connectivity index (χ3v) is 14.8. The lowest BCUT2D eigenvalue weighted by atomic mass is 9.43. The highest BCUT2D eigenvalue weighted by Crippen LogP contribution is 2.56. The molecule has 4 heterocycles. The van der Waals surface area contributed by atoms with Gasteiger partial charge in [0.15, 0.2) is 5.58 Å². The van der Waals surface area contributed by atoms with Gasteiger partial charge in [0.05, 0.1) is 16.7 Å². The number of aromatic nitrogens is 1. The summed E-state index contributed by atoms with van der Waals surface area (Å²) in [4.78, 5) is 2.66. The van der Waals surface area contributed by atoms with Crippen LogP contribution in [0.15, 0.2) is 156 Å². The lowest BCUT2D eigenvalue weighted by molar-refractivity contribution is 0.590. The largest absolute Gasteiger partial charge is 0.454 e. The zero-order valence-electron chi connectivity index (χ0n) is 37.3. The van der Waals surface area contributed by atoms with E-state index in [0.717, 1.165) is 33.3 Å². The van der Waals surface area contributed by atoms with E-state index < -0.39 is 0 Å². The van der Waals surface area contributed by atoms with Crippen LogP contribution in [-0.2, 0) is 16.2 Å². The third-order valence-electron chi connectivity index (χ3n) is 14.8. The molecule has 4 heteroatoms. The van der Waals surface area contributed by atoms with Gasteiger partial charge in [-0.05, 0) is 120 Å². The zero-order chi connectivity index (χ0) is 42.9. The number of hydrogen-bond donors (Lipinski definition) is 0. The minimum Gasteiger partial charge on any atom is -0.454 e. The van der Waals surface area contributed by atoms with Crippen molar-refractivity contribution in [2.45, 2.75) is 71.6 Å². The Hall–Kier alpha value is -6.78. The predicted molar refractivity (Wildman–Crippen MR) is 267 cm³/mol. The highest BCUT2D eigenvalue weighted by molar-refractivity contribution is 6.94. The Morgan fingerprint density at radius 3 is 2.00 bits per heavy atom. The number of hydrogen-bond acceptors (Lipinski definition) is 2. The monoisotopic (exact) mass is 812 g/mol. The summed E-state index contributed by atoms with van der Waals surface area (Å²) in [6, 6.07) is 57.3. The molecule has 2 aromatic heterocycles. The van der Waals surface area contributed by atoms with Gasteiger partial charge in [-0.2, -0.15) is 0 Å².